The fourth-order valence-electron chi connectivity index (χ4n) is 7.77. The highest BCUT2D eigenvalue weighted by atomic mass is 32.2. The van der Waals surface area contributed by atoms with Crippen molar-refractivity contribution in [1.29, 1.82) is 0 Å². The lowest BCUT2D eigenvalue weighted by atomic mass is 9.90. The molecule has 0 unspecified atom stereocenters. The van der Waals surface area contributed by atoms with Crippen molar-refractivity contribution in [2.24, 2.45) is 0 Å². The van der Waals surface area contributed by atoms with E-state index < -0.39 is 7.14 Å². The maximum Gasteiger partial charge on any atom is 0.171 e. The van der Waals surface area contributed by atoms with Crippen LogP contribution in [0.5, 0.6) is 0 Å². The summed E-state index contributed by atoms with van der Waals surface area (Å²) in [6.07, 6.45) is 0. The summed E-state index contributed by atoms with van der Waals surface area (Å²) in [6.45, 7) is 0. The number of hydrogen-bond acceptors (Lipinski definition) is 4. The molecule has 2 heterocycles. The van der Waals surface area contributed by atoms with Crippen LogP contribution in [-0.4, -0.2) is 0 Å². The SMILES string of the molecule is O=P(c1ccccc1)(c1ccccc1)c1ccc(N2c3ccc4c(c3-c3cccc5cccc2c35)Sc2ccccc2N4c2ccccc2)cc1. The number of benzene rings is 8. The van der Waals surface area contributed by atoms with Crippen molar-refractivity contribution in [3.63, 3.8) is 0 Å². The summed E-state index contributed by atoms with van der Waals surface area (Å²) < 4.78 is 15.2. The Hall–Kier alpha value is -5.80. The largest absolute Gasteiger partial charge is 0.309 e. The first kappa shape index (κ1) is 30.1. The Kier molecular flexibility index (Phi) is 7.02. The Balaban J connectivity index is 1.19. The van der Waals surface area contributed by atoms with Gasteiger partial charge in [0, 0.05) is 48.0 Å². The smallest absolute Gasteiger partial charge is 0.171 e. The van der Waals surface area contributed by atoms with E-state index in [0.29, 0.717) is 0 Å². The zero-order valence-corrected chi connectivity index (χ0v) is 29.3. The van der Waals surface area contributed by atoms with Crippen LogP contribution < -0.4 is 25.7 Å². The normalized spacial score (nSPS) is 13.0. The molecule has 0 radical (unpaired) electrons. The van der Waals surface area contributed by atoms with E-state index in [0.717, 1.165) is 38.7 Å². The Morgan fingerprint density at radius 2 is 0.941 bits per heavy atom. The van der Waals surface area contributed by atoms with Gasteiger partial charge in [-0.05, 0) is 77.7 Å². The average Bonchev–Trinajstić information content (AvgIpc) is 3.21. The maximum absolute atomic E-state index is 15.2. The minimum Gasteiger partial charge on any atom is -0.309 e. The molecule has 2 aliphatic rings. The van der Waals surface area contributed by atoms with Gasteiger partial charge in [-0.25, -0.2) is 0 Å². The third-order valence-electron chi connectivity index (χ3n) is 10.0. The quantitative estimate of drug-likeness (QED) is 0.168. The molecule has 8 aromatic rings. The van der Waals surface area contributed by atoms with Crippen LogP contribution in [0.25, 0.3) is 21.9 Å². The molecule has 10 rings (SSSR count). The fourth-order valence-corrected chi connectivity index (χ4v) is 11.6. The average molecular weight is 691 g/mol. The maximum atomic E-state index is 15.2. The first-order valence-corrected chi connectivity index (χ1v) is 19.7. The minimum absolute atomic E-state index is 0.815. The van der Waals surface area contributed by atoms with Gasteiger partial charge >= 0.3 is 0 Å². The van der Waals surface area contributed by atoms with Gasteiger partial charge < -0.3 is 14.4 Å². The molecule has 0 aromatic heterocycles. The number of rotatable bonds is 5. The molecule has 242 valence electrons. The minimum atomic E-state index is -3.11. The lowest BCUT2D eigenvalue weighted by Gasteiger charge is -2.39. The van der Waals surface area contributed by atoms with E-state index in [1.54, 1.807) is 0 Å². The lowest BCUT2D eigenvalue weighted by molar-refractivity contribution is 0.592. The number of para-hydroxylation sites is 2. The van der Waals surface area contributed by atoms with Gasteiger partial charge in [-0.15, -0.1) is 0 Å². The van der Waals surface area contributed by atoms with Gasteiger partial charge in [-0.3, -0.25) is 0 Å². The van der Waals surface area contributed by atoms with Crippen LogP contribution in [0.2, 0.25) is 0 Å². The molecule has 5 heteroatoms. The van der Waals surface area contributed by atoms with E-state index >= 15 is 4.57 Å². The molecule has 8 aromatic carbocycles. The summed E-state index contributed by atoms with van der Waals surface area (Å²) in [5.74, 6) is 0. The zero-order valence-electron chi connectivity index (χ0n) is 27.6. The molecule has 51 heavy (non-hydrogen) atoms. The Morgan fingerprint density at radius 3 is 1.65 bits per heavy atom. The standard InChI is InChI=1S/C46H31N2OPS/c49-50(35-18-6-2-7-19-35,36-20-8-3-9-21-36)37-28-26-34(27-29-37)48-40-24-13-15-32-14-12-22-38(44(32)40)45-41(48)30-31-42-46(45)51-43-25-11-10-23-39(43)47(42)33-16-4-1-5-17-33/h1-31H. The molecular weight excluding hydrogens is 660 g/mol. The Bertz CT molecular complexity index is 2600. The summed E-state index contributed by atoms with van der Waals surface area (Å²) in [5, 5.41) is 4.91. The van der Waals surface area contributed by atoms with Gasteiger partial charge in [0.15, 0.2) is 7.14 Å². The third kappa shape index (κ3) is 4.64. The van der Waals surface area contributed by atoms with E-state index in [9.17, 15) is 0 Å². The van der Waals surface area contributed by atoms with Crippen molar-refractivity contribution in [3.05, 3.63) is 188 Å². The van der Waals surface area contributed by atoms with E-state index in [4.69, 9.17) is 0 Å². The molecule has 3 nitrogen and oxygen atoms in total. The highest BCUT2D eigenvalue weighted by Gasteiger charge is 2.35. The first-order chi connectivity index (χ1) is 25.2. The Morgan fingerprint density at radius 1 is 0.412 bits per heavy atom. The second-order valence-corrected chi connectivity index (χ2v) is 16.7. The number of hydrogen-bond donors (Lipinski definition) is 0. The molecule has 0 saturated heterocycles. The second kappa shape index (κ2) is 11.9. The molecular formula is C46H31N2OPS. The molecule has 2 aliphatic heterocycles. The van der Waals surface area contributed by atoms with Gasteiger partial charge in [-0.2, -0.15) is 0 Å². The van der Waals surface area contributed by atoms with Crippen molar-refractivity contribution in [2.75, 3.05) is 9.80 Å². The molecule has 0 saturated carbocycles. The van der Waals surface area contributed by atoms with Crippen LogP contribution >= 0.6 is 18.9 Å². The van der Waals surface area contributed by atoms with Gasteiger partial charge in [-0.1, -0.05) is 133 Å². The van der Waals surface area contributed by atoms with Crippen LogP contribution in [0.1, 0.15) is 0 Å². The van der Waals surface area contributed by atoms with Crippen molar-refractivity contribution in [2.45, 2.75) is 9.79 Å². The predicted molar refractivity (Wildman–Crippen MR) is 216 cm³/mol. The number of fused-ring (bicyclic) bond motifs is 5. The number of anilines is 6. The lowest BCUT2D eigenvalue weighted by Crippen LogP contribution is -2.25. The van der Waals surface area contributed by atoms with Gasteiger partial charge in [0.1, 0.15) is 0 Å². The molecule has 0 N–H and O–H groups in total. The van der Waals surface area contributed by atoms with Crippen LogP contribution in [0.4, 0.5) is 34.1 Å². The summed E-state index contributed by atoms with van der Waals surface area (Å²) in [5.41, 5.74) is 9.23. The number of nitrogens with zero attached hydrogens (tertiary/aromatic N) is 2. The fraction of sp³-hybridized carbons (Fsp3) is 0. The molecule has 0 fully saturated rings. The second-order valence-electron chi connectivity index (χ2n) is 12.9. The van der Waals surface area contributed by atoms with E-state index in [1.165, 1.54) is 43.1 Å². The van der Waals surface area contributed by atoms with Crippen molar-refractivity contribution < 1.29 is 4.57 Å². The van der Waals surface area contributed by atoms with Gasteiger partial charge in [0.2, 0.25) is 0 Å². The van der Waals surface area contributed by atoms with Crippen molar-refractivity contribution in [3.8, 4) is 11.1 Å². The van der Waals surface area contributed by atoms with Crippen LogP contribution in [0.15, 0.2) is 198 Å². The molecule has 0 atom stereocenters. The molecule has 0 aliphatic carbocycles. The van der Waals surface area contributed by atoms with Crippen molar-refractivity contribution >= 4 is 79.7 Å². The third-order valence-corrected chi connectivity index (χ3v) is 14.3. The molecule has 0 amide bonds. The summed E-state index contributed by atoms with van der Waals surface area (Å²) in [6, 6.07) is 65.3. The summed E-state index contributed by atoms with van der Waals surface area (Å²) in [7, 11) is -3.11. The van der Waals surface area contributed by atoms with Crippen LogP contribution in [-0.2, 0) is 4.57 Å². The monoisotopic (exact) mass is 690 g/mol. The van der Waals surface area contributed by atoms with E-state index in [2.05, 4.69) is 137 Å². The first-order valence-electron chi connectivity index (χ1n) is 17.1. The van der Waals surface area contributed by atoms with Gasteiger partial charge in [0.05, 0.1) is 22.7 Å². The van der Waals surface area contributed by atoms with E-state index in [1.807, 2.05) is 72.4 Å². The molecule has 0 spiro atoms. The highest BCUT2D eigenvalue weighted by Crippen LogP contribution is 2.60. The summed E-state index contributed by atoms with van der Waals surface area (Å²) in [4.78, 5) is 7.24. The van der Waals surface area contributed by atoms with Crippen molar-refractivity contribution in [1.82, 2.24) is 0 Å². The van der Waals surface area contributed by atoms with Gasteiger partial charge in [0.25, 0.3) is 0 Å². The zero-order chi connectivity index (χ0) is 33.9. The Labute approximate surface area is 301 Å². The summed E-state index contributed by atoms with van der Waals surface area (Å²) >= 11 is 1.85. The van der Waals surface area contributed by atoms with E-state index in [-0.39, 0.29) is 0 Å². The topological polar surface area (TPSA) is 23.6 Å². The van der Waals surface area contributed by atoms with Crippen LogP contribution in [0, 0.1) is 0 Å². The molecule has 0 bridgehead atoms. The van der Waals surface area contributed by atoms with Crippen LogP contribution in [0.3, 0.4) is 0 Å². The predicted octanol–water partition coefficient (Wildman–Crippen LogP) is 11.9. The highest BCUT2D eigenvalue weighted by molar-refractivity contribution is 8.00.